The van der Waals surface area contributed by atoms with E-state index in [4.69, 9.17) is 0 Å². The lowest BCUT2D eigenvalue weighted by molar-refractivity contribution is 0.470. The van der Waals surface area contributed by atoms with E-state index in [1.165, 1.54) is 12.8 Å². The van der Waals surface area contributed by atoms with Gasteiger partial charge < -0.3 is 10.2 Å². The first-order valence-corrected chi connectivity index (χ1v) is 4.11. The Morgan fingerprint density at radius 3 is 2.55 bits per heavy atom. The van der Waals surface area contributed by atoms with Crippen LogP contribution < -0.4 is 5.32 Å². The topological polar surface area (TPSA) is 27.6 Å². The number of aliphatic imine (C=N–C) groups is 1. The summed E-state index contributed by atoms with van der Waals surface area (Å²) in [6.45, 7) is 3.26. The van der Waals surface area contributed by atoms with Crippen LogP contribution in [0.3, 0.4) is 0 Å². The summed E-state index contributed by atoms with van der Waals surface area (Å²) in [5.74, 6) is 0.957. The SMILES string of the molecule is CCCCN(C)C(=NC)NC. The van der Waals surface area contributed by atoms with Crippen LogP contribution in [0, 0.1) is 0 Å². The van der Waals surface area contributed by atoms with Crippen molar-refractivity contribution < 1.29 is 0 Å². The van der Waals surface area contributed by atoms with E-state index in [1.54, 1.807) is 7.05 Å². The molecule has 0 spiro atoms. The molecule has 0 aliphatic carbocycles. The first kappa shape index (κ1) is 10.3. The van der Waals surface area contributed by atoms with Crippen LogP contribution in [-0.2, 0) is 0 Å². The summed E-state index contributed by atoms with van der Waals surface area (Å²) >= 11 is 0. The van der Waals surface area contributed by atoms with Crippen molar-refractivity contribution in [2.75, 3.05) is 27.7 Å². The van der Waals surface area contributed by atoms with Crippen LogP contribution in [0.2, 0.25) is 0 Å². The average molecular weight is 157 g/mol. The number of nitrogens with one attached hydrogen (secondary N) is 1. The fourth-order valence-corrected chi connectivity index (χ4v) is 0.975. The minimum atomic E-state index is 0.957. The van der Waals surface area contributed by atoms with E-state index in [0.29, 0.717) is 0 Å². The lowest BCUT2D eigenvalue weighted by Gasteiger charge is -2.19. The molecule has 0 rings (SSSR count). The van der Waals surface area contributed by atoms with Gasteiger partial charge in [0.05, 0.1) is 0 Å². The van der Waals surface area contributed by atoms with Crippen LogP contribution in [0.5, 0.6) is 0 Å². The molecule has 0 fully saturated rings. The highest BCUT2D eigenvalue weighted by Gasteiger charge is 2.00. The van der Waals surface area contributed by atoms with Crippen molar-refractivity contribution in [2.45, 2.75) is 19.8 Å². The summed E-state index contributed by atoms with van der Waals surface area (Å²) in [5, 5.41) is 3.04. The zero-order valence-electron chi connectivity index (χ0n) is 8.02. The van der Waals surface area contributed by atoms with Gasteiger partial charge in [0.1, 0.15) is 0 Å². The molecule has 0 aliphatic heterocycles. The predicted octanol–water partition coefficient (Wildman–Crippen LogP) is 0.923. The molecular weight excluding hydrogens is 138 g/mol. The Kier molecular flexibility index (Phi) is 5.61. The Morgan fingerprint density at radius 2 is 2.18 bits per heavy atom. The zero-order valence-corrected chi connectivity index (χ0v) is 8.02. The molecule has 3 heteroatoms. The molecule has 0 unspecified atom stereocenters. The van der Waals surface area contributed by atoms with Gasteiger partial charge in [0.2, 0.25) is 0 Å². The van der Waals surface area contributed by atoms with Gasteiger partial charge in [-0.2, -0.15) is 0 Å². The molecule has 3 nitrogen and oxygen atoms in total. The third-order valence-corrected chi connectivity index (χ3v) is 1.64. The van der Waals surface area contributed by atoms with Crippen LogP contribution in [0.4, 0.5) is 0 Å². The molecule has 1 N–H and O–H groups in total. The fraction of sp³-hybridized carbons (Fsp3) is 0.875. The third kappa shape index (κ3) is 3.86. The molecule has 0 aromatic carbocycles. The van der Waals surface area contributed by atoms with Crippen molar-refractivity contribution in [3.8, 4) is 0 Å². The molecule has 0 heterocycles. The van der Waals surface area contributed by atoms with Gasteiger partial charge >= 0.3 is 0 Å². The maximum absolute atomic E-state index is 4.09. The summed E-state index contributed by atoms with van der Waals surface area (Å²) in [6, 6.07) is 0. The average Bonchev–Trinajstić information content (AvgIpc) is 2.03. The number of hydrogen-bond acceptors (Lipinski definition) is 1. The summed E-state index contributed by atoms with van der Waals surface area (Å²) < 4.78 is 0. The second kappa shape index (κ2) is 6.01. The Labute approximate surface area is 69.5 Å². The van der Waals surface area contributed by atoms with Crippen LogP contribution >= 0.6 is 0 Å². The molecule has 0 bridgehead atoms. The van der Waals surface area contributed by atoms with Crippen molar-refractivity contribution in [1.82, 2.24) is 10.2 Å². The van der Waals surface area contributed by atoms with E-state index in [1.807, 2.05) is 7.05 Å². The van der Waals surface area contributed by atoms with Gasteiger partial charge in [0.25, 0.3) is 0 Å². The smallest absolute Gasteiger partial charge is 0.193 e. The molecular formula is C8H19N3. The minimum Gasteiger partial charge on any atom is -0.359 e. The zero-order chi connectivity index (χ0) is 8.69. The van der Waals surface area contributed by atoms with E-state index in [0.717, 1.165) is 12.5 Å². The number of nitrogens with zero attached hydrogens (tertiary/aromatic N) is 2. The maximum atomic E-state index is 4.09. The highest BCUT2D eigenvalue weighted by molar-refractivity contribution is 5.79. The van der Waals surface area contributed by atoms with E-state index in [9.17, 15) is 0 Å². The Hall–Kier alpha value is -0.730. The van der Waals surface area contributed by atoms with Crippen LogP contribution in [0.15, 0.2) is 4.99 Å². The number of guanidine groups is 1. The molecule has 0 atom stereocenters. The second-order valence-corrected chi connectivity index (χ2v) is 2.57. The molecule has 0 aliphatic rings. The van der Waals surface area contributed by atoms with Crippen molar-refractivity contribution in [3.05, 3.63) is 0 Å². The lowest BCUT2D eigenvalue weighted by atomic mass is 10.3. The van der Waals surface area contributed by atoms with Crippen molar-refractivity contribution >= 4 is 5.96 Å². The van der Waals surface area contributed by atoms with Crippen LogP contribution in [-0.4, -0.2) is 38.5 Å². The Bertz CT molecular complexity index is 121. The molecule has 0 amide bonds. The monoisotopic (exact) mass is 157 g/mol. The normalized spacial score (nSPS) is 11.5. The van der Waals surface area contributed by atoms with Crippen molar-refractivity contribution in [2.24, 2.45) is 4.99 Å². The van der Waals surface area contributed by atoms with Gasteiger partial charge in [-0.15, -0.1) is 0 Å². The molecule has 0 saturated carbocycles. The predicted molar refractivity (Wildman–Crippen MR) is 50.0 cm³/mol. The number of unbranched alkanes of at least 4 members (excludes halogenated alkanes) is 1. The standard InChI is InChI=1S/C8H19N3/c1-5-6-7-11(4)8(9-2)10-3/h5-7H2,1-4H3,(H,9,10). The lowest BCUT2D eigenvalue weighted by Crippen LogP contribution is -2.37. The highest BCUT2D eigenvalue weighted by Crippen LogP contribution is 1.91. The van der Waals surface area contributed by atoms with Gasteiger partial charge in [0.15, 0.2) is 5.96 Å². The van der Waals surface area contributed by atoms with Crippen molar-refractivity contribution in [1.29, 1.82) is 0 Å². The summed E-state index contributed by atoms with van der Waals surface area (Å²) in [7, 11) is 5.74. The molecule has 0 saturated heterocycles. The molecule has 0 radical (unpaired) electrons. The summed E-state index contributed by atoms with van der Waals surface area (Å²) in [4.78, 5) is 6.22. The van der Waals surface area contributed by atoms with Crippen molar-refractivity contribution in [3.63, 3.8) is 0 Å². The first-order valence-electron chi connectivity index (χ1n) is 4.11. The van der Waals surface area contributed by atoms with E-state index < -0.39 is 0 Å². The molecule has 11 heavy (non-hydrogen) atoms. The summed E-state index contributed by atoms with van der Waals surface area (Å²) in [6.07, 6.45) is 2.45. The maximum Gasteiger partial charge on any atom is 0.193 e. The Morgan fingerprint density at radius 1 is 1.55 bits per heavy atom. The highest BCUT2D eigenvalue weighted by atomic mass is 15.3. The van der Waals surface area contributed by atoms with Crippen LogP contribution in [0.25, 0.3) is 0 Å². The fourth-order valence-electron chi connectivity index (χ4n) is 0.975. The van der Waals surface area contributed by atoms with Gasteiger partial charge in [-0.05, 0) is 6.42 Å². The molecule has 66 valence electrons. The molecule has 0 aromatic rings. The number of rotatable bonds is 3. The first-order chi connectivity index (χ1) is 5.26. The summed E-state index contributed by atoms with van der Waals surface area (Å²) in [5.41, 5.74) is 0. The quantitative estimate of drug-likeness (QED) is 0.487. The molecule has 0 aromatic heterocycles. The third-order valence-electron chi connectivity index (χ3n) is 1.64. The van der Waals surface area contributed by atoms with Gasteiger partial charge in [0, 0.05) is 27.7 Å². The van der Waals surface area contributed by atoms with Gasteiger partial charge in [-0.3, -0.25) is 4.99 Å². The van der Waals surface area contributed by atoms with Gasteiger partial charge in [-0.25, -0.2) is 0 Å². The van der Waals surface area contributed by atoms with Crippen LogP contribution in [0.1, 0.15) is 19.8 Å². The van der Waals surface area contributed by atoms with E-state index in [-0.39, 0.29) is 0 Å². The number of hydrogen-bond donors (Lipinski definition) is 1. The minimum absolute atomic E-state index is 0.957. The van der Waals surface area contributed by atoms with E-state index >= 15 is 0 Å². The Balaban J connectivity index is 3.70. The largest absolute Gasteiger partial charge is 0.359 e. The second-order valence-electron chi connectivity index (χ2n) is 2.57. The van der Waals surface area contributed by atoms with Gasteiger partial charge in [-0.1, -0.05) is 13.3 Å². The van der Waals surface area contributed by atoms with E-state index in [2.05, 4.69) is 29.2 Å².